The van der Waals surface area contributed by atoms with Gasteiger partial charge in [0.15, 0.2) is 11.5 Å². The Balaban J connectivity index is 1.83. The van der Waals surface area contributed by atoms with Crippen molar-refractivity contribution in [1.82, 2.24) is 19.3 Å². The number of rotatable bonds is 4. The molecule has 25 heavy (non-hydrogen) atoms. The number of fused-ring (bicyclic) bond motifs is 1. The Morgan fingerprint density at radius 2 is 1.88 bits per heavy atom. The van der Waals surface area contributed by atoms with Gasteiger partial charge in [-0.2, -0.15) is 0 Å². The minimum atomic E-state index is -0.391. The second-order valence-electron chi connectivity index (χ2n) is 5.11. The summed E-state index contributed by atoms with van der Waals surface area (Å²) >= 11 is 4.04. The van der Waals surface area contributed by atoms with Gasteiger partial charge in [0.1, 0.15) is 17.1 Å². The van der Waals surface area contributed by atoms with E-state index in [0.29, 0.717) is 29.3 Å². The molecule has 0 aliphatic carbocycles. The van der Waals surface area contributed by atoms with Crippen LogP contribution in [0.15, 0.2) is 42.6 Å². The highest BCUT2D eigenvalue weighted by Gasteiger charge is 2.10. The Kier molecular flexibility index (Phi) is 4.85. The molecule has 2 aromatic heterocycles. The lowest BCUT2D eigenvalue weighted by atomic mass is 10.3. The molecule has 0 radical (unpaired) electrons. The van der Waals surface area contributed by atoms with Crippen LogP contribution in [0.3, 0.4) is 0 Å². The van der Waals surface area contributed by atoms with E-state index in [1.54, 1.807) is 36.4 Å². The van der Waals surface area contributed by atoms with Crippen LogP contribution < -0.4 is 10.6 Å². The highest BCUT2D eigenvalue weighted by atomic mass is 32.1. The van der Waals surface area contributed by atoms with Crippen molar-refractivity contribution in [3.63, 3.8) is 0 Å². The molecule has 3 aromatic rings. The van der Waals surface area contributed by atoms with Crippen molar-refractivity contribution in [2.45, 2.75) is 6.92 Å². The van der Waals surface area contributed by atoms with Gasteiger partial charge in [0, 0.05) is 12.2 Å². The number of carbonyl (C=O) groups is 1. The molecule has 0 atom stereocenters. The first-order valence-corrected chi connectivity index (χ1v) is 7.92. The van der Waals surface area contributed by atoms with Gasteiger partial charge in [0.05, 0.1) is 6.20 Å². The zero-order valence-corrected chi connectivity index (χ0v) is 14.2. The number of amides is 2. The summed E-state index contributed by atoms with van der Waals surface area (Å²) in [4.78, 5) is 24.8. The Morgan fingerprint density at radius 3 is 2.60 bits per heavy atom. The lowest BCUT2D eigenvalue weighted by molar-refractivity contribution is 0.240. The van der Waals surface area contributed by atoms with E-state index in [2.05, 4.69) is 38.4 Å². The molecule has 0 saturated heterocycles. The van der Waals surface area contributed by atoms with Crippen LogP contribution in [-0.4, -0.2) is 36.9 Å². The standard InChI is InChI=1S/C16H16N6O2S/c1-2-22(25)16(24)21-14-9-17-12-7-8-13(19-15(12)20-14)18-10-3-5-11(23)6-4-10/h3-9,23,25H,2H2,1H3,(H2,18,19,20,21,24). The summed E-state index contributed by atoms with van der Waals surface area (Å²) < 4.78 is 1.22. The van der Waals surface area contributed by atoms with E-state index in [1.807, 2.05) is 6.92 Å². The maximum Gasteiger partial charge on any atom is 0.332 e. The lowest BCUT2D eigenvalue weighted by Gasteiger charge is -2.13. The molecule has 1 aromatic carbocycles. The average Bonchev–Trinajstić information content (AvgIpc) is 2.62. The number of hydrogen-bond acceptors (Lipinski definition) is 7. The maximum atomic E-state index is 11.8. The van der Waals surface area contributed by atoms with Gasteiger partial charge in [0.2, 0.25) is 0 Å². The highest BCUT2D eigenvalue weighted by molar-refractivity contribution is 7.78. The van der Waals surface area contributed by atoms with Gasteiger partial charge in [-0.05, 0) is 43.3 Å². The van der Waals surface area contributed by atoms with E-state index < -0.39 is 6.03 Å². The van der Waals surface area contributed by atoms with E-state index in [1.165, 1.54) is 10.5 Å². The Labute approximate surface area is 149 Å². The van der Waals surface area contributed by atoms with E-state index in [0.717, 1.165) is 5.69 Å². The molecule has 0 bridgehead atoms. The molecule has 9 heteroatoms. The first-order valence-electron chi connectivity index (χ1n) is 7.52. The Bertz CT molecular complexity index is 903. The number of nitrogens with zero attached hydrogens (tertiary/aromatic N) is 4. The summed E-state index contributed by atoms with van der Waals surface area (Å²) in [7, 11) is 0. The fourth-order valence-electron chi connectivity index (χ4n) is 2.04. The number of urea groups is 1. The number of phenolic OH excluding ortho intramolecular Hbond substituents is 1. The fourth-order valence-corrected chi connectivity index (χ4v) is 2.09. The first kappa shape index (κ1) is 16.8. The first-order chi connectivity index (χ1) is 12.0. The van der Waals surface area contributed by atoms with E-state index in [9.17, 15) is 9.90 Å². The van der Waals surface area contributed by atoms with Crippen LogP contribution in [0.1, 0.15) is 6.92 Å². The average molecular weight is 356 g/mol. The van der Waals surface area contributed by atoms with Crippen molar-refractivity contribution in [2.24, 2.45) is 0 Å². The van der Waals surface area contributed by atoms with Crippen molar-refractivity contribution in [1.29, 1.82) is 0 Å². The Hall–Kier alpha value is -3.07. The zero-order chi connectivity index (χ0) is 17.8. The molecule has 0 aliphatic rings. The molecule has 2 heterocycles. The molecular formula is C16H16N6O2S. The molecule has 0 unspecified atom stereocenters. The van der Waals surface area contributed by atoms with Crippen LogP contribution >= 0.6 is 12.8 Å². The van der Waals surface area contributed by atoms with Crippen LogP contribution in [0.2, 0.25) is 0 Å². The van der Waals surface area contributed by atoms with E-state index in [4.69, 9.17) is 0 Å². The van der Waals surface area contributed by atoms with E-state index >= 15 is 0 Å². The molecule has 0 aliphatic heterocycles. The molecule has 0 fully saturated rings. The van der Waals surface area contributed by atoms with Gasteiger partial charge >= 0.3 is 6.03 Å². The predicted molar refractivity (Wildman–Crippen MR) is 99.1 cm³/mol. The van der Waals surface area contributed by atoms with Crippen molar-refractivity contribution in [3.8, 4) is 5.75 Å². The summed E-state index contributed by atoms with van der Waals surface area (Å²) in [5.41, 5.74) is 1.77. The van der Waals surface area contributed by atoms with Gasteiger partial charge in [-0.25, -0.2) is 19.7 Å². The number of benzene rings is 1. The van der Waals surface area contributed by atoms with Gasteiger partial charge < -0.3 is 10.4 Å². The quantitative estimate of drug-likeness (QED) is 0.423. The number of aromatic nitrogens is 3. The summed E-state index contributed by atoms with van der Waals surface area (Å²) in [6.07, 6.45) is 1.46. The predicted octanol–water partition coefficient (Wildman–Crippen LogP) is 3.17. The van der Waals surface area contributed by atoms with Crippen molar-refractivity contribution in [2.75, 3.05) is 17.2 Å². The number of hydrogen-bond donors (Lipinski definition) is 4. The third-order valence-electron chi connectivity index (χ3n) is 3.32. The summed E-state index contributed by atoms with van der Waals surface area (Å²) in [6.45, 7) is 2.26. The summed E-state index contributed by atoms with van der Waals surface area (Å²) in [5, 5.41) is 15.0. The maximum absolute atomic E-state index is 11.8. The normalized spacial score (nSPS) is 10.5. The number of thiol groups is 1. The minimum absolute atomic E-state index is 0.189. The molecule has 8 nitrogen and oxygen atoms in total. The molecule has 3 N–H and O–H groups in total. The summed E-state index contributed by atoms with van der Waals surface area (Å²) in [5.74, 6) is 1.05. The molecule has 3 rings (SSSR count). The SMILES string of the molecule is CCN(S)C(=O)Nc1cnc2ccc(Nc3ccc(O)cc3)nc2n1. The second kappa shape index (κ2) is 7.22. The van der Waals surface area contributed by atoms with Crippen LogP contribution in [0.4, 0.5) is 22.1 Å². The molecular weight excluding hydrogens is 340 g/mol. The number of pyridine rings is 1. The molecule has 2 amide bonds. The monoisotopic (exact) mass is 356 g/mol. The van der Waals surface area contributed by atoms with Crippen LogP contribution in [0.5, 0.6) is 5.75 Å². The van der Waals surface area contributed by atoms with E-state index in [-0.39, 0.29) is 5.75 Å². The molecule has 128 valence electrons. The highest BCUT2D eigenvalue weighted by Crippen LogP contribution is 2.20. The Morgan fingerprint density at radius 1 is 1.16 bits per heavy atom. The smallest absolute Gasteiger partial charge is 0.332 e. The number of aromatic hydroxyl groups is 1. The number of phenols is 1. The third kappa shape index (κ3) is 4.07. The number of nitrogens with one attached hydrogen (secondary N) is 2. The zero-order valence-electron chi connectivity index (χ0n) is 13.3. The minimum Gasteiger partial charge on any atom is -0.508 e. The van der Waals surface area contributed by atoms with Gasteiger partial charge in [-0.3, -0.25) is 9.62 Å². The fraction of sp³-hybridized carbons (Fsp3) is 0.125. The second-order valence-corrected chi connectivity index (χ2v) is 5.60. The topological polar surface area (TPSA) is 103 Å². The van der Waals surface area contributed by atoms with Gasteiger partial charge in [0.25, 0.3) is 0 Å². The van der Waals surface area contributed by atoms with Crippen molar-refractivity contribution >= 4 is 47.3 Å². The van der Waals surface area contributed by atoms with Gasteiger partial charge in [-0.1, -0.05) is 12.8 Å². The lowest BCUT2D eigenvalue weighted by Crippen LogP contribution is -2.27. The number of carbonyl (C=O) groups excluding carboxylic acids is 1. The summed E-state index contributed by atoms with van der Waals surface area (Å²) in [6, 6.07) is 9.78. The van der Waals surface area contributed by atoms with Crippen molar-refractivity contribution < 1.29 is 9.90 Å². The third-order valence-corrected chi connectivity index (χ3v) is 3.78. The molecule has 0 saturated carbocycles. The van der Waals surface area contributed by atoms with Gasteiger partial charge in [-0.15, -0.1) is 0 Å². The van der Waals surface area contributed by atoms with Crippen LogP contribution in [0, 0.1) is 0 Å². The molecule has 0 spiro atoms. The number of anilines is 3. The van der Waals surface area contributed by atoms with Crippen LogP contribution in [0.25, 0.3) is 11.2 Å². The van der Waals surface area contributed by atoms with Crippen LogP contribution in [-0.2, 0) is 0 Å². The largest absolute Gasteiger partial charge is 0.508 e. The van der Waals surface area contributed by atoms with Crippen molar-refractivity contribution in [3.05, 3.63) is 42.6 Å².